The minimum Gasteiger partial charge on any atom is -0.486 e. The molecule has 0 N–H and O–H groups in total. The minimum atomic E-state index is -0.324. The molecule has 0 radical (unpaired) electrons. The smallest absolute Gasteiger partial charge is 0.170 e. The molecule has 1 fully saturated rings. The third-order valence-electron chi connectivity index (χ3n) is 4.70. The molecule has 0 unspecified atom stereocenters. The molecule has 3 heterocycles. The van der Waals surface area contributed by atoms with E-state index in [1.165, 1.54) is 5.69 Å². The van der Waals surface area contributed by atoms with E-state index in [9.17, 15) is 4.79 Å². The van der Waals surface area contributed by atoms with Crippen molar-refractivity contribution in [2.45, 2.75) is 24.9 Å². The summed E-state index contributed by atoms with van der Waals surface area (Å²) in [4.78, 5) is 18.8. The molecule has 0 amide bonds. The first kappa shape index (κ1) is 13.3. The fraction of sp³-hybridized carbons (Fsp3) is 0.333. The molecule has 0 atom stereocenters. The van der Waals surface area contributed by atoms with Gasteiger partial charge in [0.15, 0.2) is 5.78 Å². The summed E-state index contributed by atoms with van der Waals surface area (Å²) in [5.41, 5.74) is 1.59. The molecule has 112 valence electrons. The Morgan fingerprint density at radius 2 is 1.77 bits per heavy atom. The third kappa shape index (κ3) is 2.25. The van der Waals surface area contributed by atoms with Gasteiger partial charge in [-0.3, -0.25) is 9.78 Å². The van der Waals surface area contributed by atoms with Crippen LogP contribution >= 0.6 is 0 Å². The third-order valence-corrected chi connectivity index (χ3v) is 4.70. The predicted octanol–water partition coefficient (Wildman–Crippen LogP) is 3.09. The Balaban J connectivity index is 1.53. The van der Waals surface area contributed by atoms with Gasteiger partial charge in [0, 0.05) is 44.0 Å². The number of hydrogen-bond acceptors (Lipinski definition) is 4. The van der Waals surface area contributed by atoms with E-state index in [-0.39, 0.29) is 11.4 Å². The van der Waals surface area contributed by atoms with Crippen LogP contribution in [-0.4, -0.2) is 29.5 Å². The van der Waals surface area contributed by atoms with Gasteiger partial charge in [-0.25, -0.2) is 0 Å². The number of ether oxygens (including phenoxy) is 1. The standard InChI is InChI=1S/C18H18N2O2/c21-16-13-18(22-17-4-2-1-3-15(16)17)7-11-20(12-8-18)14-5-9-19-10-6-14/h1-6,9-10H,7-8,11-13H2. The van der Waals surface area contributed by atoms with E-state index in [1.54, 1.807) is 0 Å². The Morgan fingerprint density at radius 3 is 2.55 bits per heavy atom. The number of rotatable bonds is 1. The van der Waals surface area contributed by atoms with Gasteiger partial charge in [-0.15, -0.1) is 0 Å². The van der Waals surface area contributed by atoms with Gasteiger partial charge in [-0.1, -0.05) is 12.1 Å². The van der Waals surface area contributed by atoms with Gasteiger partial charge in [0.2, 0.25) is 0 Å². The molecule has 4 nitrogen and oxygen atoms in total. The van der Waals surface area contributed by atoms with Crippen LogP contribution in [0.2, 0.25) is 0 Å². The number of benzene rings is 1. The summed E-state index contributed by atoms with van der Waals surface area (Å²) >= 11 is 0. The van der Waals surface area contributed by atoms with Crippen LogP contribution in [0.5, 0.6) is 5.75 Å². The van der Waals surface area contributed by atoms with Gasteiger partial charge < -0.3 is 9.64 Å². The van der Waals surface area contributed by atoms with Crippen LogP contribution in [0, 0.1) is 0 Å². The Morgan fingerprint density at radius 1 is 1.05 bits per heavy atom. The maximum Gasteiger partial charge on any atom is 0.170 e. The SMILES string of the molecule is O=C1CC2(CCN(c3ccncc3)CC2)Oc2ccccc21. The molecule has 2 aliphatic heterocycles. The zero-order valence-electron chi connectivity index (χ0n) is 12.4. The first-order valence-electron chi connectivity index (χ1n) is 7.72. The van der Waals surface area contributed by atoms with Gasteiger partial charge in [-0.2, -0.15) is 0 Å². The fourth-order valence-electron chi connectivity index (χ4n) is 3.45. The number of anilines is 1. The van der Waals surface area contributed by atoms with Crippen molar-refractivity contribution in [3.8, 4) is 5.75 Å². The van der Waals surface area contributed by atoms with Crippen LogP contribution in [0.15, 0.2) is 48.8 Å². The van der Waals surface area contributed by atoms with Crippen molar-refractivity contribution < 1.29 is 9.53 Å². The summed E-state index contributed by atoms with van der Waals surface area (Å²) in [5, 5.41) is 0. The number of aromatic nitrogens is 1. The molecule has 4 heteroatoms. The number of ketones is 1. The summed E-state index contributed by atoms with van der Waals surface area (Å²) in [6, 6.07) is 11.6. The van der Waals surface area contributed by atoms with Crippen molar-refractivity contribution in [1.29, 1.82) is 0 Å². The quantitative estimate of drug-likeness (QED) is 0.810. The first-order chi connectivity index (χ1) is 10.8. The zero-order chi connectivity index (χ0) is 15.0. The Hall–Kier alpha value is -2.36. The van der Waals surface area contributed by atoms with E-state index in [0.29, 0.717) is 6.42 Å². The molecule has 0 aliphatic carbocycles. The number of carbonyl (C=O) groups excluding carboxylic acids is 1. The lowest BCUT2D eigenvalue weighted by Crippen LogP contribution is -2.51. The number of hydrogen-bond donors (Lipinski definition) is 0. The predicted molar refractivity (Wildman–Crippen MR) is 84.4 cm³/mol. The summed E-state index contributed by atoms with van der Waals surface area (Å²) in [6.07, 6.45) is 5.87. The lowest BCUT2D eigenvalue weighted by Gasteiger charge is -2.44. The monoisotopic (exact) mass is 294 g/mol. The normalized spacial score (nSPS) is 19.6. The molecule has 22 heavy (non-hydrogen) atoms. The highest BCUT2D eigenvalue weighted by Crippen LogP contribution is 2.39. The van der Waals surface area contributed by atoms with Crippen LogP contribution in [0.25, 0.3) is 0 Å². The number of fused-ring (bicyclic) bond motifs is 1. The topological polar surface area (TPSA) is 42.4 Å². The number of Topliss-reactive ketones (excluding diaryl/α,β-unsaturated/α-hetero) is 1. The number of nitrogens with zero attached hydrogens (tertiary/aromatic N) is 2. The van der Waals surface area contributed by atoms with Crippen molar-refractivity contribution in [3.05, 3.63) is 54.4 Å². The second kappa shape index (κ2) is 5.13. The lowest BCUT2D eigenvalue weighted by molar-refractivity contribution is 0.0232. The van der Waals surface area contributed by atoms with Crippen LogP contribution in [-0.2, 0) is 0 Å². The molecule has 4 rings (SSSR count). The van der Waals surface area contributed by atoms with Gasteiger partial charge in [0.1, 0.15) is 11.4 Å². The van der Waals surface area contributed by atoms with Crippen molar-refractivity contribution in [2.75, 3.05) is 18.0 Å². The lowest BCUT2D eigenvalue weighted by atomic mass is 9.82. The van der Waals surface area contributed by atoms with E-state index in [2.05, 4.69) is 9.88 Å². The van der Waals surface area contributed by atoms with Gasteiger partial charge in [-0.05, 0) is 24.3 Å². The molecule has 0 bridgehead atoms. The number of pyridine rings is 1. The molecule has 1 saturated heterocycles. The zero-order valence-corrected chi connectivity index (χ0v) is 12.4. The van der Waals surface area contributed by atoms with Crippen LogP contribution in [0.1, 0.15) is 29.6 Å². The van der Waals surface area contributed by atoms with E-state index in [4.69, 9.17) is 4.74 Å². The highest BCUT2D eigenvalue weighted by molar-refractivity contribution is 6.00. The fourth-order valence-corrected chi connectivity index (χ4v) is 3.45. The maximum absolute atomic E-state index is 12.4. The number of carbonyl (C=O) groups is 1. The minimum absolute atomic E-state index is 0.208. The molecule has 1 aromatic carbocycles. The van der Waals surface area contributed by atoms with Crippen LogP contribution in [0.4, 0.5) is 5.69 Å². The number of piperidine rings is 1. The Labute approximate surface area is 129 Å². The summed E-state index contributed by atoms with van der Waals surface area (Å²) in [5.74, 6) is 0.954. The van der Waals surface area contributed by atoms with E-state index < -0.39 is 0 Å². The molecule has 1 spiro atoms. The van der Waals surface area contributed by atoms with Gasteiger partial charge in [0.25, 0.3) is 0 Å². The highest BCUT2D eigenvalue weighted by Gasteiger charge is 2.42. The summed E-state index contributed by atoms with van der Waals surface area (Å²) in [7, 11) is 0. The summed E-state index contributed by atoms with van der Waals surface area (Å²) in [6.45, 7) is 1.80. The molecule has 1 aromatic heterocycles. The van der Waals surface area contributed by atoms with Gasteiger partial charge in [0.05, 0.1) is 12.0 Å². The van der Waals surface area contributed by atoms with Gasteiger partial charge >= 0.3 is 0 Å². The van der Waals surface area contributed by atoms with E-state index in [1.807, 2.05) is 48.8 Å². The maximum atomic E-state index is 12.4. The molecular formula is C18H18N2O2. The van der Waals surface area contributed by atoms with E-state index >= 15 is 0 Å². The Bertz CT molecular complexity index is 691. The van der Waals surface area contributed by atoms with Crippen molar-refractivity contribution in [3.63, 3.8) is 0 Å². The largest absolute Gasteiger partial charge is 0.486 e. The molecule has 2 aliphatic rings. The highest BCUT2D eigenvalue weighted by atomic mass is 16.5. The van der Waals surface area contributed by atoms with Crippen molar-refractivity contribution >= 4 is 11.5 Å². The van der Waals surface area contributed by atoms with Crippen LogP contribution in [0.3, 0.4) is 0 Å². The number of para-hydroxylation sites is 1. The van der Waals surface area contributed by atoms with Crippen molar-refractivity contribution in [2.24, 2.45) is 0 Å². The van der Waals surface area contributed by atoms with Crippen molar-refractivity contribution in [1.82, 2.24) is 4.98 Å². The second-order valence-electron chi connectivity index (χ2n) is 6.07. The molecule has 0 saturated carbocycles. The Kier molecular flexibility index (Phi) is 3.10. The average Bonchev–Trinajstić information content (AvgIpc) is 2.56. The van der Waals surface area contributed by atoms with Crippen LogP contribution < -0.4 is 9.64 Å². The molecular weight excluding hydrogens is 276 g/mol. The first-order valence-corrected chi connectivity index (χ1v) is 7.72. The summed E-state index contributed by atoms with van der Waals surface area (Å²) < 4.78 is 6.26. The average molecular weight is 294 g/mol. The second-order valence-corrected chi connectivity index (χ2v) is 6.07. The van der Waals surface area contributed by atoms with E-state index in [0.717, 1.165) is 37.2 Å². The molecule has 2 aromatic rings.